The van der Waals surface area contributed by atoms with Crippen LogP contribution in [0.3, 0.4) is 0 Å². The zero-order valence-corrected chi connectivity index (χ0v) is 15.5. The Bertz CT molecular complexity index is 968. The number of nitrogens with two attached hydrogens (primary N) is 1. The Balaban J connectivity index is 2.10. The second-order valence-electron chi connectivity index (χ2n) is 5.11. The molecule has 0 spiro atoms. The molecule has 2 aromatic carbocycles. The van der Waals surface area contributed by atoms with Crippen LogP contribution in [0.1, 0.15) is 5.69 Å². The van der Waals surface area contributed by atoms with Crippen molar-refractivity contribution in [2.75, 3.05) is 0 Å². The Hall–Kier alpha value is -1.67. The fraction of sp³-hybridized carbons (Fsp3) is 0.0625. The van der Waals surface area contributed by atoms with E-state index >= 15 is 0 Å². The molecule has 0 bridgehead atoms. The number of rotatable bonds is 4. The summed E-state index contributed by atoms with van der Waals surface area (Å²) in [5.41, 5.74) is 3.28. The van der Waals surface area contributed by atoms with E-state index in [0.717, 1.165) is 27.1 Å². The van der Waals surface area contributed by atoms with Crippen LogP contribution >= 0.6 is 27.5 Å². The van der Waals surface area contributed by atoms with Gasteiger partial charge in [-0.1, -0.05) is 28.1 Å². The highest BCUT2D eigenvalue weighted by Crippen LogP contribution is 2.26. The fourth-order valence-corrected chi connectivity index (χ4v) is 3.21. The zero-order chi connectivity index (χ0) is 17.3. The molecule has 0 fully saturated rings. The molecule has 2 N–H and O–H groups in total. The lowest BCUT2D eigenvalue weighted by Gasteiger charge is -2.08. The minimum Gasteiger partial charge on any atom is -0.233 e. The van der Waals surface area contributed by atoms with Crippen molar-refractivity contribution in [1.82, 2.24) is 9.78 Å². The molecule has 0 aliphatic rings. The lowest BCUT2D eigenvalue weighted by Crippen LogP contribution is -2.12. The van der Waals surface area contributed by atoms with Gasteiger partial charge in [-0.3, -0.25) is 0 Å². The summed E-state index contributed by atoms with van der Waals surface area (Å²) in [6.07, 6.45) is 0. The monoisotopic (exact) mass is 425 g/mol. The molecule has 124 valence electrons. The number of benzene rings is 2. The first-order valence-electron chi connectivity index (χ1n) is 6.92. The van der Waals surface area contributed by atoms with Crippen molar-refractivity contribution in [1.29, 1.82) is 0 Å². The molecule has 24 heavy (non-hydrogen) atoms. The van der Waals surface area contributed by atoms with E-state index in [9.17, 15) is 8.42 Å². The van der Waals surface area contributed by atoms with E-state index in [2.05, 4.69) is 21.0 Å². The van der Waals surface area contributed by atoms with Crippen LogP contribution in [0.15, 0.2) is 64.0 Å². The lowest BCUT2D eigenvalue weighted by molar-refractivity contribution is 0.598. The third-order valence-corrected chi connectivity index (χ3v) is 5.18. The van der Waals surface area contributed by atoms with Gasteiger partial charge >= 0.3 is 0 Å². The Morgan fingerprint density at radius 2 is 1.71 bits per heavy atom. The van der Waals surface area contributed by atoms with E-state index in [1.807, 2.05) is 30.3 Å². The molecule has 0 saturated carbocycles. The van der Waals surface area contributed by atoms with Crippen molar-refractivity contribution < 1.29 is 8.42 Å². The molecule has 0 saturated heterocycles. The second-order valence-corrected chi connectivity index (χ2v) is 7.86. The molecule has 1 aromatic heterocycles. The molecular formula is C16H13BrClN3O2S. The number of hydrogen-bond acceptors (Lipinski definition) is 3. The first-order valence-corrected chi connectivity index (χ1v) is 9.80. The van der Waals surface area contributed by atoms with Gasteiger partial charge in [0.15, 0.2) is 0 Å². The number of primary sulfonamides is 1. The molecule has 1 heterocycles. The van der Waals surface area contributed by atoms with Crippen LogP contribution < -0.4 is 5.14 Å². The standard InChI is InChI=1S/C16H13BrClN3O2S/c17-12-3-1-11(2-4-12)16-9-13(10-18)20-21(16)14-5-7-15(8-6-14)24(19,22)23/h1-9H,10H2,(H2,19,22,23). The Morgan fingerprint density at radius 1 is 1.08 bits per heavy atom. The van der Waals surface area contributed by atoms with E-state index in [-0.39, 0.29) is 10.8 Å². The number of hydrogen-bond donors (Lipinski definition) is 1. The summed E-state index contributed by atoms with van der Waals surface area (Å²) in [5.74, 6) is 0.284. The van der Waals surface area contributed by atoms with Crippen LogP contribution in [0.25, 0.3) is 16.9 Å². The van der Waals surface area contributed by atoms with Crippen molar-refractivity contribution in [3.63, 3.8) is 0 Å². The highest BCUT2D eigenvalue weighted by atomic mass is 79.9. The third-order valence-electron chi connectivity index (χ3n) is 3.45. The number of aromatic nitrogens is 2. The van der Waals surface area contributed by atoms with E-state index in [0.29, 0.717) is 0 Å². The Morgan fingerprint density at radius 3 is 2.25 bits per heavy atom. The summed E-state index contributed by atoms with van der Waals surface area (Å²) in [7, 11) is -3.72. The largest absolute Gasteiger partial charge is 0.238 e. The van der Waals surface area contributed by atoms with E-state index in [1.54, 1.807) is 16.8 Å². The van der Waals surface area contributed by atoms with E-state index < -0.39 is 10.0 Å². The Kier molecular flexibility index (Phi) is 4.78. The third kappa shape index (κ3) is 3.54. The van der Waals surface area contributed by atoms with E-state index in [4.69, 9.17) is 16.7 Å². The molecule has 0 atom stereocenters. The summed E-state index contributed by atoms with van der Waals surface area (Å²) in [6.45, 7) is 0. The molecule has 0 aliphatic heterocycles. The lowest BCUT2D eigenvalue weighted by atomic mass is 10.1. The van der Waals surface area contributed by atoms with Crippen molar-refractivity contribution in [3.8, 4) is 16.9 Å². The van der Waals surface area contributed by atoms with Crippen LogP contribution in [-0.2, 0) is 15.9 Å². The maximum Gasteiger partial charge on any atom is 0.238 e. The highest BCUT2D eigenvalue weighted by Gasteiger charge is 2.13. The highest BCUT2D eigenvalue weighted by molar-refractivity contribution is 9.10. The number of nitrogens with zero attached hydrogens (tertiary/aromatic N) is 2. The van der Waals surface area contributed by atoms with Crippen molar-refractivity contribution >= 4 is 37.6 Å². The fourth-order valence-electron chi connectivity index (χ4n) is 2.30. The summed E-state index contributed by atoms with van der Waals surface area (Å²) in [4.78, 5) is 0.0566. The van der Waals surface area contributed by atoms with Gasteiger partial charge in [-0.2, -0.15) is 5.10 Å². The molecular weight excluding hydrogens is 414 g/mol. The van der Waals surface area contributed by atoms with Gasteiger partial charge in [-0.25, -0.2) is 18.2 Å². The number of halogens is 2. The predicted molar refractivity (Wildman–Crippen MR) is 97.6 cm³/mol. The van der Waals surface area contributed by atoms with Gasteiger partial charge in [0.1, 0.15) is 0 Å². The van der Waals surface area contributed by atoms with Gasteiger partial charge in [0.2, 0.25) is 10.0 Å². The van der Waals surface area contributed by atoms with Crippen molar-refractivity contribution in [2.45, 2.75) is 10.8 Å². The second kappa shape index (κ2) is 6.68. The smallest absolute Gasteiger partial charge is 0.233 e. The first-order chi connectivity index (χ1) is 11.4. The molecule has 0 radical (unpaired) electrons. The van der Waals surface area contributed by atoms with Gasteiger partial charge in [0, 0.05) is 10.0 Å². The first kappa shape index (κ1) is 17.2. The molecule has 0 amide bonds. The maximum atomic E-state index is 11.4. The average molecular weight is 427 g/mol. The average Bonchev–Trinajstić information content (AvgIpc) is 2.99. The van der Waals surface area contributed by atoms with Crippen LogP contribution in [0.5, 0.6) is 0 Å². The molecule has 8 heteroatoms. The van der Waals surface area contributed by atoms with Crippen LogP contribution in [-0.4, -0.2) is 18.2 Å². The molecule has 3 rings (SSSR count). The molecule has 0 aliphatic carbocycles. The molecule has 5 nitrogen and oxygen atoms in total. The van der Waals surface area contributed by atoms with Gasteiger partial charge in [-0.15, -0.1) is 11.6 Å². The molecule has 3 aromatic rings. The summed E-state index contributed by atoms with van der Waals surface area (Å²) < 4.78 is 25.5. The minimum atomic E-state index is -3.72. The van der Waals surface area contributed by atoms with Gasteiger partial charge < -0.3 is 0 Å². The quantitative estimate of drug-likeness (QED) is 0.646. The summed E-state index contributed by atoms with van der Waals surface area (Å²) in [6, 6.07) is 16.0. The summed E-state index contributed by atoms with van der Waals surface area (Å²) in [5, 5.41) is 9.62. The SMILES string of the molecule is NS(=O)(=O)c1ccc(-n2nc(CCl)cc2-c2ccc(Br)cc2)cc1. The van der Waals surface area contributed by atoms with Crippen LogP contribution in [0, 0.1) is 0 Å². The maximum absolute atomic E-state index is 11.4. The van der Waals surface area contributed by atoms with Crippen molar-refractivity contribution in [2.24, 2.45) is 5.14 Å². The van der Waals surface area contributed by atoms with E-state index in [1.165, 1.54) is 12.1 Å². The van der Waals surface area contributed by atoms with Gasteiger partial charge in [-0.05, 0) is 42.5 Å². The number of alkyl halides is 1. The summed E-state index contributed by atoms with van der Waals surface area (Å²) >= 11 is 9.33. The van der Waals surface area contributed by atoms with Crippen LogP contribution in [0.2, 0.25) is 0 Å². The minimum absolute atomic E-state index is 0.0566. The van der Waals surface area contributed by atoms with Gasteiger partial charge in [0.25, 0.3) is 0 Å². The van der Waals surface area contributed by atoms with Gasteiger partial charge in [0.05, 0.1) is 27.9 Å². The topological polar surface area (TPSA) is 78.0 Å². The van der Waals surface area contributed by atoms with Crippen LogP contribution in [0.4, 0.5) is 0 Å². The Labute approximate surface area is 153 Å². The normalized spacial score (nSPS) is 11.6. The zero-order valence-electron chi connectivity index (χ0n) is 12.4. The predicted octanol–water partition coefficient (Wildman–Crippen LogP) is 3.69. The number of sulfonamides is 1. The van der Waals surface area contributed by atoms with Crippen molar-refractivity contribution in [3.05, 3.63) is 64.8 Å². The molecule has 0 unspecified atom stereocenters.